The Morgan fingerprint density at radius 1 is 0.971 bits per heavy atom. The number of ether oxygens (including phenoxy) is 2. The molecule has 3 nitrogen and oxygen atoms in total. The summed E-state index contributed by atoms with van der Waals surface area (Å²) in [6.45, 7) is 11.0. The zero-order valence-electron chi connectivity index (χ0n) is 21.1. The number of hydrogen-bond acceptors (Lipinski definition) is 3. The third kappa shape index (κ3) is 7.29. The minimum absolute atomic E-state index is 0.0411. The zero-order valence-corrected chi connectivity index (χ0v) is 22.0. The summed E-state index contributed by atoms with van der Waals surface area (Å²) in [6.07, 6.45) is 1.58. The third-order valence-corrected chi connectivity index (χ3v) is 6.80. The monoisotopic (exact) mass is 482 g/mol. The molecule has 3 rings (SSSR count). The van der Waals surface area contributed by atoms with Crippen LogP contribution in [-0.2, 0) is 13.0 Å². The lowest BCUT2D eigenvalue weighted by Crippen LogP contribution is -2.11. The van der Waals surface area contributed by atoms with Crippen LogP contribution in [-0.4, -0.2) is 24.8 Å². The number of halogens is 1. The van der Waals surface area contributed by atoms with E-state index < -0.39 is 8.15 Å². The van der Waals surface area contributed by atoms with Gasteiger partial charge in [-0.2, -0.15) is 0 Å². The third-order valence-electron chi connectivity index (χ3n) is 5.72. The first-order valence-electron chi connectivity index (χ1n) is 11.6. The summed E-state index contributed by atoms with van der Waals surface area (Å²) in [5, 5.41) is 0. The lowest BCUT2D eigenvalue weighted by Gasteiger charge is -2.22. The maximum Gasteiger partial charge on any atom is 0.131 e. The summed E-state index contributed by atoms with van der Waals surface area (Å²) in [5.74, 6) is 1.46. The Kier molecular flexibility index (Phi) is 8.73. The van der Waals surface area contributed by atoms with Crippen LogP contribution in [0.5, 0.6) is 11.5 Å². The van der Waals surface area contributed by atoms with E-state index in [1.807, 2.05) is 30.9 Å². The van der Waals surface area contributed by atoms with Crippen molar-refractivity contribution in [3.63, 3.8) is 0 Å². The number of benzene rings is 3. The molecular weight excluding hydrogens is 446 g/mol. The minimum Gasteiger partial charge on any atom is -0.497 e. The van der Waals surface area contributed by atoms with Gasteiger partial charge in [0.2, 0.25) is 0 Å². The van der Waals surface area contributed by atoms with E-state index in [-0.39, 0.29) is 17.2 Å². The molecule has 3 aromatic carbocycles. The zero-order chi connectivity index (χ0) is 24.9. The van der Waals surface area contributed by atoms with Crippen LogP contribution in [0, 0.1) is 11.2 Å². The van der Waals surface area contributed by atoms with Crippen molar-refractivity contribution in [2.75, 3.05) is 19.9 Å². The lowest BCUT2D eigenvalue weighted by molar-refractivity contribution is 0.305. The van der Waals surface area contributed by atoms with Crippen LogP contribution in [0.25, 0.3) is 11.1 Å². The summed E-state index contributed by atoms with van der Waals surface area (Å²) in [5.41, 5.74) is 4.76. The first-order valence-corrected chi connectivity index (χ1v) is 13.6. The summed E-state index contributed by atoms with van der Waals surface area (Å²) in [6, 6.07) is 19.1. The van der Waals surface area contributed by atoms with Crippen LogP contribution in [0.4, 0.5) is 4.39 Å². The van der Waals surface area contributed by atoms with Crippen LogP contribution in [0.2, 0.25) is 0 Å². The fourth-order valence-electron chi connectivity index (χ4n) is 4.13. The molecule has 0 aromatic heterocycles. The van der Waals surface area contributed by atoms with Gasteiger partial charge < -0.3 is 14.4 Å². The Morgan fingerprint density at radius 3 is 2.41 bits per heavy atom. The van der Waals surface area contributed by atoms with Gasteiger partial charge in [-0.05, 0) is 83.2 Å². The lowest BCUT2D eigenvalue weighted by atomic mass is 9.84. The standard InChI is InChI=1S/C29H36FO3P/c1-20(19-34(6)31)22-8-7-9-25(15-22)33-18-21-10-12-26(23(14-21)17-29(2,3)4)27-16-24(32-5)11-13-28(27)30/h7-16,20,31H,17-19H2,1-6H3. The van der Waals surface area contributed by atoms with Crippen molar-refractivity contribution >= 4 is 8.15 Å². The predicted octanol–water partition coefficient (Wildman–Crippen LogP) is 7.79. The van der Waals surface area contributed by atoms with Gasteiger partial charge in [0.1, 0.15) is 23.9 Å². The highest BCUT2D eigenvalue weighted by molar-refractivity contribution is 7.50. The number of hydrogen-bond donors (Lipinski definition) is 1. The molecule has 182 valence electrons. The smallest absolute Gasteiger partial charge is 0.131 e. The van der Waals surface area contributed by atoms with E-state index in [1.54, 1.807) is 19.2 Å². The summed E-state index contributed by atoms with van der Waals surface area (Å²) in [7, 11) is 0.656. The van der Waals surface area contributed by atoms with Gasteiger partial charge in [-0.15, -0.1) is 0 Å². The van der Waals surface area contributed by atoms with Gasteiger partial charge in [-0.1, -0.05) is 58.0 Å². The highest BCUT2D eigenvalue weighted by Gasteiger charge is 2.18. The second-order valence-electron chi connectivity index (χ2n) is 10.2. The van der Waals surface area contributed by atoms with Crippen molar-refractivity contribution in [2.24, 2.45) is 5.41 Å². The Morgan fingerprint density at radius 2 is 1.74 bits per heavy atom. The van der Waals surface area contributed by atoms with Crippen molar-refractivity contribution < 1.29 is 18.8 Å². The van der Waals surface area contributed by atoms with E-state index in [2.05, 4.69) is 45.9 Å². The van der Waals surface area contributed by atoms with Crippen LogP contribution >= 0.6 is 8.15 Å². The molecule has 0 fully saturated rings. The van der Waals surface area contributed by atoms with E-state index >= 15 is 0 Å². The topological polar surface area (TPSA) is 38.7 Å². The summed E-state index contributed by atoms with van der Waals surface area (Å²) in [4.78, 5) is 9.77. The Bertz CT molecular complexity index is 1100. The summed E-state index contributed by atoms with van der Waals surface area (Å²) < 4.78 is 26.2. The average Bonchev–Trinajstić information content (AvgIpc) is 2.77. The van der Waals surface area contributed by atoms with Crippen molar-refractivity contribution in [2.45, 2.75) is 46.6 Å². The van der Waals surface area contributed by atoms with E-state index in [0.29, 0.717) is 17.9 Å². The fourth-order valence-corrected chi connectivity index (χ4v) is 5.14. The van der Waals surface area contributed by atoms with E-state index in [9.17, 15) is 9.28 Å². The highest BCUT2D eigenvalue weighted by Crippen LogP contribution is 2.35. The van der Waals surface area contributed by atoms with E-state index in [4.69, 9.17) is 9.47 Å². The van der Waals surface area contributed by atoms with Gasteiger partial charge in [0, 0.05) is 13.7 Å². The quantitative estimate of drug-likeness (QED) is 0.316. The molecule has 0 aliphatic carbocycles. The van der Waals surface area contributed by atoms with E-state index in [1.165, 1.54) is 6.07 Å². The molecule has 1 N–H and O–H groups in total. The first-order chi connectivity index (χ1) is 16.1. The van der Waals surface area contributed by atoms with Crippen LogP contribution in [0.3, 0.4) is 0 Å². The molecule has 5 heteroatoms. The molecule has 3 aromatic rings. The molecule has 0 amide bonds. The second-order valence-corrected chi connectivity index (χ2v) is 11.9. The predicted molar refractivity (Wildman–Crippen MR) is 141 cm³/mol. The minimum atomic E-state index is -0.936. The normalized spacial score (nSPS) is 13.4. The number of methoxy groups -OCH3 is 1. The molecule has 0 spiro atoms. The maximum absolute atomic E-state index is 14.8. The van der Waals surface area contributed by atoms with Gasteiger partial charge in [0.15, 0.2) is 0 Å². The molecule has 2 atom stereocenters. The molecule has 2 unspecified atom stereocenters. The average molecular weight is 483 g/mol. The van der Waals surface area contributed by atoms with Crippen molar-refractivity contribution in [3.8, 4) is 22.6 Å². The molecule has 0 radical (unpaired) electrons. The molecule has 34 heavy (non-hydrogen) atoms. The molecule has 0 bridgehead atoms. The largest absolute Gasteiger partial charge is 0.497 e. The van der Waals surface area contributed by atoms with Crippen molar-refractivity contribution in [1.29, 1.82) is 0 Å². The molecular formula is C29H36FO3P. The Hall–Kier alpha value is -2.42. The fraction of sp³-hybridized carbons (Fsp3) is 0.379. The van der Waals surface area contributed by atoms with Gasteiger partial charge in [-0.25, -0.2) is 4.39 Å². The first kappa shape index (κ1) is 26.2. The molecule has 0 saturated heterocycles. The van der Waals surface area contributed by atoms with Gasteiger partial charge in [0.05, 0.1) is 7.11 Å². The number of rotatable bonds is 9. The van der Waals surface area contributed by atoms with Gasteiger partial charge in [-0.3, -0.25) is 0 Å². The molecule has 0 aliphatic heterocycles. The Labute approximate surface area is 204 Å². The second kappa shape index (κ2) is 11.3. The Balaban J connectivity index is 1.86. The van der Waals surface area contributed by atoms with E-state index in [0.717, 1.165) is 40.6 Å². The van der Waals surface area contributed by atoms with Crippen LogP contribution in [0.1, 0.15) is 50.3 Å². The SMILES string of the molecule is COc1ccc(F)c(-c2ccc(COc3cccc(C(C)CP(C)O)c3)cc2CC(C)(C)C)c1. The maximum atomic E-state index is 14.8. The van der Waals surface area contributed by atoms with Crippen molar-refractivity contribution in [1.82, 2.24) is 0 Å². The molecule has 0 aliphatic rings. The molecule has 0 saturated carbocycles. The van der Waals surface area contributed by atoms with Crippen LogP contribution in [0.15, 0.2) is 60.7 Å². The summed E-state index contributed by atoms with van der Waals surface area (Å²) >= 11 is 0. The molecule has 0 heterocycles. The van der Waals surface area contributed by atoms with Gasteiger partial charge in [0.25, 0.3) is 0 Å². The van der Waals surface area contributed by atoms with Crippen molar-refractivity contribution in [3.05, 3.63) is 83.2 Å². The van der Waals surface area contributed by atoms with Gasteiger partial charge >= 0.3 is 0 Å². The van der Waals surface area contributed by atoms with Crippen LogP contribution < -0.4 is 9.47 Å². The highest BCUT2D eigenvalue weighted by atomic mass is 31.1.